The van der Waals surface area contributed by atoms with Crippen LogP contribution < -0.4 is 10.9 Å². The van der Waals surface area contributed by atoms with Crippen LogP contribution in [0.4, 0.5) is 11.4 Å². The fourth-order valence-corrected chi connectivity index (χ4v) is 4.41. The van der Waals surface area contributed by atoms with Crippen LogP contribution in [0.25, 0.3) is 10.8 Å². The predicted octanol–water partition coefficient (Wildman–Crippen LogP) is 5.20. The number of fused-ring (bicyclic) bond motifs is 1. The number of nitro groups is 1. The number of aryl methyl sites for hydroxylation is 1. The molecular formula is C31H24N4O6. The van der Waals surface area contributed by atoms with Crippen molar-refractivity contribution in [3.8, 4) is 0 Å². The van der Waals surface area contributed by atoms with Gasteiger partial charge in [0.15, 0.2) is 5.69 Å². The first-order valence-corrected chi connectivity index (χ1v) is 12.7. The van der Waals surface area contributed by atoms with Crippen LogP contribution in [0.15, 0.2) is 108 Å². The van der Waals surface area contributed by atoms with Crippen molar-refractivity contribution in [1.29, 1.82) is 0 Å². The van der Waals surface area contributed by atoms with Crippen LogP contribution in [-0.4, -0.2) is 26.6 Å². The Morgan fingerprint density at radius 1 is 0.927 bits per heavy atom. The summed E-state index contributed by atoms with van der Waals surface area (Å²) in [7, 11) is 0. The smallest absolute Gasteiger partial charge is 0.360 e. The second-order valence-corrected chi connectivity index (χ2v) is 9.31. The van der Waals surface area contributed by atoms with E-state index < -0.39 is 22.9 Å². The quantitative estimate of drug-likeness (QED) is 0.160. The molecule has 5 rings (SSSR count). The third kappa shape index (κ3) is 5.86. The second-order valence-electron chi connectivity index (χ2n) is 9.31. The Morgan fingerprint density at radius 3 is 2.24 bits per heavy atom. The summed E-state index contributed by atoms with van der Waals surface area (Å²) in [6.07, 6.45) is -1.47. The number of esters is 1. The van der Waals surface area contributed by atoms with Gasteiger partial charge in [0, 0.05) is 17.0 Å². The normalized spacial score (nSPS) is 11.5. The molecule has 1 N–H and O–H groups in total. The van der Waals surface area contributed by atoms with Gasteiger partial charge in [-0.2, -0.15) is 5.10 Å². The lowest BCUT2D eigenvalue weighted by Crippen LogP contribution is -2.29. The van der Waals surface area contributed by atoms with Crippen molar-refractivity contribution < 1.29 is 19.2 Å². The lowest BCUT2D eigenvalue weighted by Gasteiger charge is -2.19. The largest absolute Gasteiger partial charge is 0.442 e. The number of hydrogen-bond donors (Lipinski definition) is 1. The SMILES string of the molecule is Cc1ccc(NC(=O)C(OC(=O)c2nn(Cc3ccccc3)c(=O)c3ccccc23)c2ccccc2)c([N+](=O)[O-])c1. The Bertz CT molecular complexity index is 1820. The number of ether oxygens (including phenoxy) is 1. The first-order valence-electron chi connectivity index (χ1n) is 12.7. The Morgan fingerprint density at radius 2 is 1.56 bits per heavy atom. The van der Waals surface area contributed by atoms with Crippen molar-refractivity contribution >= 4 is 34.0 Å². The summed E-state index contributed by atoms with van der Waals surface area (Å²) in [5, 5.41) is 19.0. The van der Waals surface area contributed by atoms with Gasteiger partial charge in [-0.3, -0.25) is 19.7 Å². The molecule has 1 aromatic heterocycles. The number of nitrogens with one attached hydrogen (secondary N) is 1. The number of nitro benzene ring substituents is 1. The van der Waals surface area contributed by atoms with Gasteiger partial charge in [0.25, 0.3) is 17.2 Å². The van der Waals surface area contributed by atoms with Crippen LogP contribution in [0.5, 0.6) is 0 Å². The number of amides is 1. The van der Waals surface area contributed by atoms with Crippen LogP contribution in [-0.2, 0) is 16.1 Å². The number of carbonyl (C=O) groups excluding carboxylic acids is 2. The van der Waals surface area contributed by atoms with Crippen LogP contribution in [0.3, 0.4) is 0 Å². The van der Waals surface area contributed by atoms with E-state index in [1.54, 1.807) is 67.6 Å². The highest BCUT2D eigenvalue weighted by molar-refractivity contribution is 6.04. The maximum atomic E-state index is 13.6. The Kier molecular flexibility index (Phi) is 7.64. The fourth-order valence-electron chi connectivity index (χ4n) is 4.41. The molecule has 10 heteroatoms. The number of benzene rings is 4. The monoisotopic (exact) mass is 548 g/mol. The van der Waals surface area contributed by atoms with Crippen molar-refractivity contribution in [2.45, 2.75) is 19.6 Å². The van der Waals surface area contributed by atoms with E-state index in [4.69, 9.17) is 4.74 Å². The zero-order valence-electron chi connectivity index (χ0n) is 21.9. The Labute approximate surface area is 234 Å². The first kappa shape index (κ1) is 26.9. The molecule has 10 nitrogen and oxygen atoms in total. The van der Waals surface area contributed by atoms with Crippen molar-refractivity contribution in [1.82, 2.24) is 9.78 Å². The van der Waals surface area contributed by atoms with E-state index in [1.807, 2.05) is 30.3 Å². The van der Waals surface area contributed by atoms with E-state index in [0.717, 1.165) is 5.56 Å². The van der Waals surface area contributed by atoms with Gasteiger partial charge in [0.2, 0.25) is 6.10 Å². The zero-order valence-corrected chi connectivity index (χ0v) is 21.9. The summed E-state index contributed by atoms with van der Waals surface area (Å²) in [6, 6.07) is 28.4. The fraction of sp³-hybridized carbons (Fsp3) is 0.0968. The highest BCUT2D eigenvalue weighted by atomic mass is 16.6. The number of rotatable bonds is 8. The van der Waals surface area contributed by atoms with Crippen molar-refractivity contribution in [2.24, 2.45) is 0 Å². The molecule has 0 aliphatic rings. The van der Waals surface area contributed by atoms with Gasteiger partial charge in [-0.25, -0.2) is 9.48 Å². The predicted molar refractivity (Wildman–Crippen MR) is 153 cm³/mol. The van der Waals surface area contributed by atoms with E-state index >= 15 is 0 Å². The topological polar surface area (TPSA) is 133 Å². The third-order valence-corrected chi connectivity index (χ3v) is 6.41. The molecule has 0 bridgehead atoms. The van der Waals surface area contributed by atoms with Crippen molar-refractivity contribution in [3.63, 3.8) is 0 Å². The molecule has 1 atom stereocenters. The second kappa shape index (κ2) is 11.6. The summed E-state index contributed by atoms with van der Waals surface area (Å²) >= 11 is 0. The van der Waals surface area contributed by atoms with Crippen LogP contribution in [0.2, 0.25) is 0 Å². The van der Waals surface area contributed by atoms with Crippen molar-refractivity contribution in [3.05, 3.63) is 146 Å². The first-order chi connectivity index (χ1) is 19.8. The molecule has 0 aliphatic carbocycles. The van der Waals surface area contributed by atoms with Gasteiger partial charge in [0.1, 0.15) is 5.69 Å². The number of anilines is 1. The lowest BCUT2D eigenvalue weighted by atomic mass is 10.1. The summed E-state index contributed by atoms with van der Waals surface area (Å²) in [6.45, 7) is 1.81. The van der Waals surface area contributed by atoms with Gasteiger partial charge < -0.3 is 10.1 Å². The molecule has 4 aromatic carbocycles. The van der Waals surface area contributed by atoms with Gasteiger partial charge in [-0.05, 0) is 30.2 Å². The molecule has 1 unspecified atom stereocenters. The van der Waals surface area contributed by atoms with Gasteiger partial charge in [0.05, 0.1) is 16.9 Å². The molecule has 0 spiro atoms. The van der Waals surface area contributed by atoms with E-state index in [-0.39, 0.29) is 39.9 Å². The molecule has 0 fully saturated rings. The molecule has 0 aliphatic heterocycles. The minimum absolute atomic E-state index is 0.0393. The average molecular weight is 549 g/mol. The van der Waals surface area contributed by atoms with Gasteiger partial charge >= 0.3 is 5.97 Å². The molecule has 41 heavy (non-hydrogen) atoms. The van der Waals surface area contributed by atoms with Crippen LogP contribution >= 0.6 is 0 Å². The van der Waals surface area contributed by atoms with E-state index in [0.29, 0.717) is 11.1 Å². The third-order valence-electron chi connectivity index (χ3n) is 6.41. The van der Waals surface area contributed by atoms with E-state index in [1.165, 1.54) is 16.8 Å². The van der Waals surface area contributed by atoms with Gasteiger partial charge in [-0.15, -0.1) is 0 Å². The maximum absolute atomic E-state index is 13.6. The molecule has 1 amide bonds. The molecule has 0 saturated heterocycles. The molecule has 1 heterocycles. The number of carbonyl (C=O) groups is 2. The average Bonchev–Trinajstić information content (AvgIpc) is 2.99. The Hall–Kier alpha value is -5.64. The summed E-state index contributed by atoms with van der Waals surface area (Å²) in [5.41, 5.74) is 0.924. The van der Waals surface area contributed by atoms with Crippen LogP contribution in [0, 0.1) is 17.0 Å². The highest BCUT2D eigenvalue weighted by Gasteiger charge is 2.29. The highest BCUT2D eigenvalue weighted by Crippen LogP contribution is 2.28. The number of hydrogen-bond acceptors (Lipinski definition) is 7. The molecule has 0 saturated carbocycles. The lowest BCUT2D eigenvalue weighted by molar-refractivity contribution is -0.384. The Balaban J connectivity index is 1.53. The number of nitrogens with zero attached hydrogens (tertiary/aromatic N) is 3. The minimum Gasteiger partial charge on any atom is -0.442 e. The molecule has 0 radical (unpaired) electrons. The molecule has 204 valence electrons. The standard InChI is InChI=1S/C31H24N4O6/c1-20-16-17-25(26(18-20)35(39)40)32-29(36)28(22-12-6-3-7-13-22)41-31(38)27-23-14-8-9-15-24(23)30(37)34(33-27)19-21-10-4-2-5-11-21/h2-18,28H,19H2,1H3,(H,32,36). The minimum atomic E-state index is -1.47. The number of aromatic nitrogens is 2. The van der Waals surface area contributed by atoms with Crippen molar-refractivity contribution in [2.75, 3.05) is 5.32 Å². The van der Waals surface area contributed by atoms with E-state index in [9.17, 15) is 24.5 Å². The summed E-state index contributed by atoms with van der Waals surface area (Å²) < 4.78 is 6.92. The zero-order chi connectivity index (χ0) is 28.9. The maximum Gasteiger partial charge on any atom is 0.360 e. The van der Waals surface area contributed by atoms with E-state index in [2.05, 4.69) is 10.4 Å². The summed E-state index contributed by atoms with van der Waals surface area (Å²) in [5.74, 6) is -1.73. The molecule has 5 aromatic rings. The van der Waals surface area contributed by atoms with Crippen LogP contribution in [0.1, 0.15) is 33.3 Å². The summed E-state index contributed by atoms with van der Waals surface area (Å²) in [4.78, 5) is 51.3. The molecular weight excluding hydrogens is 524 g/mol. The van der Waals surface area contributed by atoms with Gasteiger partial charge in [-0.1, -0.05) is 84.9 Å².